The zero-order valence-corrected chi connectivity index (χ0v) is 13.2. The maximum Gasteiger partial charge on any atom is 0.169 e. The first-order valence-corrected chi connectivity index (χ1v) is 7.44. The molecule has 106 valence electrons. The number of hydrogen-bond donors (Lipinski definition) is 1. The first kappa shape index (κ1) is 14.3. The Kier molecular flexibility index (Phi) is 4.05. The number of aromatic nitrogens is 3. The fraction of sp³-hybridized carbons (Fsp3) is 0.0667. The van der Waals surface area contributed by atoms with Gasteiger partial charge in [0.25, 0.3) is 0 Å². The summed E-state index contributed by atoms with van der Waals surface area (Å²) in [5.41, 5.74) is 1.70. The normalized spacial score (nSPS) is 10.8. The number of benzene rings is 2. The molecule has 0 aliphatic heterocycles. The highest BCUT2D eigenvalue weighted by molar-refractivity contribution is 9.10. The lowest BCUT2D eigenvalue weighted by Gasteiger charge is -2.10. The number of aliphatic hydroxyl groups excluding tert-OH is 1. The Morgan fingerprint density at radius 1 is 1.10 bits per heavy atom. The van der Waals surface area contributed by atoms with E-state index in [1.807, 2.05) is 47.0 Å². The molecule has 3 rings (SSSR count). The Hall–Kier alpha value is -1.69. The fourth-order valence-corrected chi connectivity index (χ4v) is 2.71. The fourth-order valence-electron chi connectivity index (χ4n) is 2.11. The lowest BCUT2D eigenvalue weighted by molar-refractivity contribution is 0.269. The maximum absolute atomic E-state index is 9.50. The van der Waals surface area contributed by atoms with Crippen molar-refractivity contribution in [2.45, 2.75) is 6.61 Å². The molecule has 6 heteroatoms. The summed E-state index contributed by atoms with van der Waals surface area (Å²) in [6.45, 7) is -0.194. The van der Waals surface area contributed by atoms with E-state index in [1.165, 1.54) is 0 Å². The quantitative estimate of drug-likeness (QED) is 0.768. The van der Waals surface area contributed by atoms with Crippen molar-refractivity contribution in [3.63, 3.8) is 0 Å². The summed E-state index contributed by atoms with van der Waals surface area (Å²) in [5, 5.41) is 18.4. The summed E-state index contributed by atoms with van der Waals surface area (Å²) < 4.78 is 2.68. The van der Waals surface area contributed by atoms with E-state index in [0.29, 0.717) is 16.7 Å². The van der Waals surface area contributed by atoms with Crippen molar-refractivity contribution in [2.24, 2.45) is 0 Å². The molecule has 2 aromatic carbocycles. The van der Waals surface area contributed by atoms with Crippen molar-refractivity contribution in [1.82, 2.24) is 14.8 Å². The lowest BCUT2D eigenvalue weighted by Crippen LogP contribution is -2.03. The second-order valence-electron chi connectivity index (χ2n) is 4.39. The second-order valence-corrected chi connectivity index (χ2v) is 5.68. The van der Waals surface area contributed by atoms with Crippen LogP contribution in [0.3, 0.4) is 0 Å². The summed E-state index contributed by atoms with van der Waals surface area (Å²) in [7, 11) is 0. The minimum atomic E-state index is -0.194. The smallest absolute Gasteiger partial charge is 0.169 e. The van der Waals surface area contributed by atoms with Gasteiger partial charge in [-0.05, 0) is 30.3 Å². The largest absolute Gasteiger partial charge is 0.388 e. The zero-order chi connectivity index (χ0) is 14.8. The van der Waals surface area contributed by atoms with Gasteiger partial charge in [-0.25, -0.2) is 0 Å². The molecule has 0 atom stereocenters. The van der Waals surface area contributed by atoms with E-state index in [4.69, 9.17) is 11.6 Å². The molecule has 0 amide bonds. The summed E-state index contributed by atoms with van der Waals surface area (Å²) in [5.74, 6) is 1.10. The van der Waals surface area contributed by atoms with Crippen LogP contribution in [0.25, 0.3) is 17.1 Å². The Labute approximate surface area is 135 Å². The van der Waals surface area contributed by atoms with E-state index in [1.54, 1.807) is 6.07 Å². The van der Waals surface area contributed by atoms with Gasteiger partial charge in [0.15, 0.2) is 11.6 Å². The van der Waals surface area contributed by atoms with Crippen molar-refractivity contribution < 1.29 is 5.11 Å². The van der Waals surface area contributed by atoms with Crippen LogP contribution >= 0.6 is 27.5 Å². The van der Waals surface area contributed by atoms with Crippen LogP contribution in [-0.2, 0) is 6.61 Å². The molecule has 1 heterocycles. The third-order valence-electron chi connectivity index (χ3n) is 3.06. The van der Waals surface area contributed by atoms with Crippen molar-refractivity contribution in [1.29, 1.82) is 0 Å². The van der Waals surface area contributed by atoms with Gasteiger partial charge in [0.2, 0.25) is 0 Å². The highest BCUT2D eigenvalue weighted by atomic mass is 79.9. The van der Waals surface area contributed by atoms with Crippen LogP contribution < -0.4 is 0 Å². The standard InChI is InChI=1S/C15H11BrClN3O/c16-13-7-6-10(17)8-12(13)15-19-18-14(9-21)20(15)11-4-2-1-3-5-11/h1-8,21H,9H2. The van der Waals surface area contributed by atoms with Gasteiger partial charge in [-0.1, -0.05) is 45.7 Å². The van der Waals surface area contributed by atoms with Crippen molar-refractivity contribution in [3.05, 3.63) is 63.9 Å². The monoisotopic (exact) mass is 363 g/mol. The molecule has 21 heavy (non-hydrogen) atoms. The van der Waals surface area contributed by atoms with Crippen LogP contribution in [0.2, 0.25) is 5.02 Å². The summed E-state index contributed by atoms with van der Waals surface area (Å²) >= 11 is 9.58. The molecule has 4 nitrogen and oxygen atoms in total. The summed E-state index contributed by atoms with van der Waals surface area (Å²) in [4.78, 5) is 0. The lowest BCUT2D eigenvalue weighted by atomic mass is 10.2. The molecule has 0 aliphatic carbocycles. The van der Waals surface area contributed by atoms with E-state index in [-0.39, 0.29) is 6.61 Å². The first-order chi connectivity index (χ1) is 10.2. The van der Waals surface area contributed by atoms with E-state index in [0.717, 1.165) is 15.7 Å². The van der Waals surface area contributed by atoms with Crippen LogP contribution in [0.15, 0.2) is 53.0 Å². The van der Waals surface area contributed by atoms with Crippen molar-refractivity contribution in [2.75, 3.05) is 0 Å². The molecule has 0 radical (unpaired) electrons. The SMILES string of the molecule is OCc1nnc(-c2cc(Cl)ccc2Br)n1-c1ccccc1. The molecular weight excluding hydrogens is 354 g/mol. The topological polar surface area (TPSA) is 50.9 Å². The van der Waals surface area contributed by atoms with Crippen LogP contribution in [0.4, 0.5) is 0 Å². The van der Waals surface area contributed by atoms with E-state index >= 15 is 0 Å². The average molecular weight is 365 g/mol. The minimum Gasteiger partial charge on any atom is -0.388 e. The molecule has 0 fully saturated rings. The Balaban J connectivity index is 2.25. The average Bonchev–Trinajstić information content (AvgIpc) is 2.94. The van der Waals surface area contributed by atoms with Gasteiger partial charge in [-0.2, -0.15) is 0 Å². The molecule has 0 saturated heterocycles. The van der Waals surface area contributed by atoms with Crippen LogP contribution in [0.5, 0.6) is 0 Å². The summed E-state index contributed by atoms with van der Waals surface area (Å²) in [6.07, 6.45) is 0. The Morgan fingerprint density at radius 2 is 1.86 bits per heavy atom. The number of rotatable bonds is 3. The molecule has 0 bridgehead atoms. The first-order valence-electron chi connectivity index (χ1n) is 6.26. The molecule has 0 spiro atoms. The van der Waals surface area contributed by atoms with Gasteiger partial charge in [-0.3, -0.25) is 4.57 Å². The highest BCUT2D eigenvalue weighted by Gasteiger charge is 2.17. The molecular formula is C15H11BrClN3O. The van der Waals surface area contributed by atoms with Gasteiger partial charge in [-0.15, -0.1) is 10.2 Å². The Morgan fingerprint density at radius 3 is 2.57 bits per heavy atom. The number of aliphatic hydroxyl groups is 1. The van der Waals surface area contributed by atoms with Crippen molar-refractivity contribution in [3.8, 4) is 17.1 Å². The Bertz CT molecular complexity index is 774. The van der Waals surface area contributed by atoms with Crippen molar-refractivity contribution >= 4 is 27.5 Å². The highest BCUT2D eigenvalue weighted by Crippen LogP contribution is 2.31. The van der Waals surface area contributed by atoms with Gasteiger partial charge in [0.05, 0.1) is 0 Å². The van der Waals surface area contributed by atoms with Gasteiger partial charge >= 0.3 is 0 Å². The molecule has 0 aliphatic rings. The van der Waals surface area contributed by atoms with Crippen LogP contribution in [-0.4, -0.2) is 19.9 Å². The minimum absolute atomic E-state index is 0.194. The maximum atomic E-state index is 9.50. The predicted octanol–water partition coefficient (Wildman–Crippen LogP) is 3.84. The molecule has 3 aromatic rings. The van der Waals surface area contributed by atoms with Gasteiger partial charge < -0.3 is 5.11 Å². The third-order valence-corrected chi connectivity index (χ3v) is 3.98. The second kappa shape index (κ2) is 5.97. The van der Waals surface area contributed by atoms with Gasteiger partial charge in [0, 0.05) is 20.7 Å². The number of hydrogen-bond acceptors (Lipinski definition) is 3. The zero-order valence-electron chi connectivity index (χ0n) is 10.9. The molecule has 1 aromatic heterocycles. The molecule has 1 N–H and O–H groups in total. The van der Waals surface area contributed by atoms with E-state index in [2.05, 4.69) is 26.1 Å². The van der Waals surface area contributed by atoms with Crippen LogP contribution in [0.1, 0.15) is 5.82 Å². The number of para-hydroxylation sites is 1. The number of halogens is 2. The van der Waals surface area contributed by atoms with E-state index < -0.39 is 0 Å². The number of nitrogens with zero attached hydrogens (tertiary/aromatic N) is 3. The molecule has 0 saturated carbocycles. The third kappa shape index (κ3) is 2.72. The van der Waals surface area contributed by atoms with Gasteiger partial charge in [0.1, 0.15) is 6.61 Å². The van der Waals surface area contributed by atoms with E-state index in [9.17, 15) is 5.11 Å². The molecule has 0 unspecified atom stereocenters. The van der Waals surface area contributed by atoms with Crippen LogP contribution in [0, 0.1) is 0 Å². The summed E-state index contributed by atoms with van der Waals surface area (Å²) in [6, 6.07) is 15.1. The predicted molar refractivity (Wildman–Crippen MR) is 85.4 cm³/mol.